The van der Waals surface area contributed by atoms with Crippen LogP contribution in [-0.4, -0.2) is 21.3 Å². The number of ether oxygens (including phenoxy) is 3. The molecular weight excluding hydrogens is 252 g/mol. The van der Waals surface area contributed by atoms with E-state index in [-0.39, 0.29) is 0 Å². The van der Waals surface area contributed by atoms with E-state index in [0.29, 0.717) is 5.75 Å². The van der Waals surface area contributed by atoms with Crippen molar-refractivity contribution in [1.29, 1.82) is 0 Å². The summed E-state index contributed by atoms with van der Waals surface area (Å²) >= 11 is 0. The van der Waals surface area contributed by atoms with Gasteiger partial charge in [0.15, 0.2) is 0 Å². The fourth-order valence-corrected chi connectivity index (χ4v) is 1.72. The average Bonchev–Trinajstić information content (AvgIpc) is 2.53. The van der Waals surface area contributed by atoms with Crippen molar-refractivity contribution in [2.24, 2.45) is 0 Å². The minimum Gasteiger partial charge on any atom is -0.497 e. The number of hydrogen-bond donors (Lipinski definition) is 0. The lowest BCUT2D eigenvalue weighted by molar-refractivity contribution is 0.393. The van der Waals surface area contributed by atoms with Crippen LogP contribution in [0.2, 0.25) is 0 Å². The van der Waals surface area contributed by atoms with E-state index in [4.69, 9.17) is 14.2 Å². The van der Waals surface area contributed by atoms with E-state index in [1.807, 2.05) is 42.5 Å². The van der Waals surface area contributed by atoms with E-state index < -0.39 is 0 Å². The molecule has 2 aromatic carbocycles. The zero-order valence-electron chi connectivity index (χ0n) is 11.8. The van der Waals surface area contributed by atoms with Crippen molar-refractivity contribution in [3.63, 3.8) is 0 Å². The summed E-state index contributed by atoms with van der Waals surface area (Å²) < 4.78 is 15.6. The molecule has 0 saturated heterocycles. The quantitative estimate of drug-likeness (QED) is 0.800. The molecule has 3 nitrogen and oxygen atoms in total. The van der Waals surface area contributed by atoms with E-state index in [0.717, 1.165) is 22.6 Å². The average molecular weight is 268 g/mol. The Labute approximate surface area is 119 Å². The minimum atomic E-state index is 0.699. The molecule has 20 heavy (non-hydrogen) atoms. The lowest BCUT2D eigenvalue weighted by Crippen LogP contribution is -1.90. The van der Waals surface area contributed by atoms with Gasteiger partial charge in [-0.15, -0.1) is 0 Å². The zero-order chi connectivity index (χ0) is 14.4. The standard InChI is InChI=1S/C17H16O3/c1-18-15-9-5-13(6-10-15)4-7-14-8-11-16(19-2)12-17(14)20-3/h5-6,8-12H,1-3H3. The monoisotopic (exact) mass is 268 g/mol. The predicted molar refractivity (Wildman–Crippen MR) is 78.5 cm³/mol. The largest absolute Gasteiger partial charge is 0.497 e. The van der Waals surface area contributed by atoms with Crippen molar-refractivity contribution in [1.82, 2.24) is 0 Å². The topological polar surface area (TPSA) is 27.7 Å². The smallest absolute Gasteiger partial charge is 0.138 e. The van der Waals surface area contributed by atoms with Crippen LogP contribution >= 0.6 is 0 Å². The van der Waals surface area contributed by atoms with Crippen molar-refractivity contribution < 1.29 is 14.2 Å². The molecular formula is C17H16O3. The van der Waals surface area contributed by atoms with Crippen LogP contribution < -0.4 is 14.2 Å². The van der Waals surface area contributed by atoms with Gasteiger partial charge in [-0.2, -0.15) is 0 Å². The van der Waals surface area contributed by atoms with Crippen LogP contribution in [0.3, 0.4) is 0 Å². The van der Waals surface area contributed by atoms with Crippen LogP contribution in [0.5, 0.6) is 17.2 Å². The maximum Gasteiger partial charge on any atom is 0.138 e. The summed E-state index contributed by atoms with van der Waals surface area (Å²) in [4.78, 5) is 0. The SMILES string of the molecule is COc1ccc(C#Cc2ccc(OC)cc2OC)cc1. The predicted octanol–water partition coefficient (Wildman–Crippen LogP) is 3.11. The Morgan fingerprint density at radius 1 is 0.700 bits per heavy atom. The molecule has 2 aromatic rings. The second-order valence-electron chi connectivity index (χ2n) is 4.04. The second-order valence-corrected chi connectivity index (χ2v) is 4.04. The third-order valence-electron chi connectivity index (χ3n) is 2.84. The third kappa shape index (κ3) is 3.24. The Kier molecular flexibility index (Phi) is 4.52. The van der Waals surface area contributed by atoms with E-state index in [9.17, 15) is 0 Å². The van der Waals surface area contributed by atoms with Gasteiger partial charge in [0.1, 0.15) is 17.2 Å². The molecule has 0 aromatic heterocycles. The van der Waals surface area contributed by atoms with Gasteiger partial charge in [-0.25, -0.2) is 0 Å². The molecule has 0 amide bonds. The van der Waals surface area contributed by atoms with Crippen LogP contribution in [0, 0.1) is 11.8 Å². The first-order chi connectivity index (χ1) is 9.76. The van der Waals surface area contributed by atoms with Crippen LogP contribution in [0.25, 0.3) is 0 Å². The fraction of sp³-hybridized carbons (Fsp3) is 0.176. The lowest BCUT2D eigenvalue weighted by Gasteiger charge is -2.05. The summed E-state index contributed by atoms with van der Waals surface area (Å²) in [7, 11) is 4.88. The van der Waals surface area contributed by atoms with Crippen LogP contribution in [0.1, 0.15) is 11.1 Å². The van der Waals surface area contributed by atoms with Crippen LogP contribution in [-0.2, 0) is 0 Å². The van der Waals surface area contributed by atoms with E-state index in [2.05, 4.69) is 11.8 Å². The van der Waals surface area contributed by atoms with Gasteiger partial charge in [-0.3, -0.25) is 0 Å². The molecule has 0 unspecified atom stereocenters. The molecule has 0 aliphatic carbocycles. The van der Waals surface area contributed by atoms with Crippen molar-refractivity contribution in [3.05, 3.63) is 53.6 Å². The molecule has 0 radical (unpaired) electrons. The van der Waals surface area contributed by atoms with E-state index in [1.54, 1.807) is 21.3 Å². The van der Waals surface area contributed by atoms with E-state index >= 15 is 0 Å². The van der Waals surface area contributed by atoms with Gasteiger partial charge >= 0.3 is 0 Å². The number of rotatable bonds is 3. The molecule has 0 atom stereocenters. The van der Waals surface area contributed by atoms with Crippen LogP contribution in [0.4, 0.5) is 0 Å². The maximum atomic E-state index is 5.31. The number of hydrogen-bond acceptors (Lipinski definition) is 3. The normalized spacial score (nSPS) is 9.35. The molecule has 0 aliphatic heterocycles. The van der Waals surface area contributed by atoms with Gasteiger partial charge < -0.3 is 14.2 Å². The fourth-order valence-electron chi connectivity index (χ4n) is 1.72. The van der Waals surface area contributed by atoms with Crippen molar-refractivity contribution in [3.8, 4) is 29.1 Å². The molecule has 3 heteroatoms. The van der Waals surface area contributed by atoms with Crippen molar-refractivity contribution >= 4 is 0 Å². The second kappa shape index (κ2) is 6.53. The van der Waals surface area contributed by atoms with Crippen molar-refractivity contribution in [2.75, 3.05) is 21.3 Å². The Morgan fingerprint density at radius 2 is 1.35 bits per heavy atom. The number of benzene rings is 2. The zero-order valence-corrected chi connectivity index (χ0v) is 11.8. The Balaban J connectivity index is 2.27. The highest BCUT2D eigenvalue weighted by Crippen LogP contribution is 2.23. The molecule has 0 heterocycles. The maximum absolute atomic E-state index is 5.31. The van der Waals surface area contributed by atoms with Gasteiger partial charge in [0, 0.05) is 11.6 Å². The van der Waals surface area contributed by atoms with Crippen molar-refractivity contribution in [2.45, 2.75) is 0 Å². The highest BCUT2D eigenvalue weighted by Gasteiger charge is 2.02. The molecule has 102 valence electrons. The molecule has 0 fully saturated rings. The summed E-state index contributed by atoms with van der Waals surface area (Å²) in [6, 6.07) is 13.2. The van der Waals surface area contributed by atoms with E-state index in [1.165, 1.54) is 0 Å². The molecule has 2 rings (SSSR count). The molecule has 0 bridgehead atoms. The van der Waals surface area contributed by atoms with Crippen LogP contribution in [0.15, 0.2) is 42.5 Å². The van der Waals surface area contributed by atoms with Gasteiger partial charge in [-0.05, 0) is 36.4 Å². The summed E-state index contributed by atoms with van der Waals surface area (Å²) in [5, 5.41) is 0. The molecule has 0 aliphatic rings. The minimum absolute atomic E-state index is 0.699. The molecule has 0 spiro atoms. The number of methoxy groups -OCH3 is 3. The molecule has 0 N–H and O–H groups in total. The highest BCUT2D eigenvalue weighted by molar-refractivity contribution is 5.52. The third-order valence-corrected chi connectivity index (χ3v) is 2.84. The Morgan fingerprint density at radius 3 is 1.95 bits per heavy atom. The lowest BCUT2D eigenvalue weighted by atomic mass is 10.1. The first kappa shape index (κ1) is 13.8. The van der Waals surface area contributed by atoms with Gasteiger partial charge in [0.05, 0.1) is 26.9 Å². The van der Waals surface area contributed by atoms with Gasteiger partial charge in [0.2, 0.25) is 0 Å². The summed E-state index contributed by atoms with van der Waals surface area (Å²) in [6.45, 7) is 0. The Hall–Kier alpha value is -2.60. The summed E-state index contributed by atoms with van der Waals surface area (Å²) in [5.74, 6) is 8.46. The Bertz CT molecular complexity index is 634. The first-order valence-electron chi connectivity index (χ1n) is 6.15. The first-order valence-corrected chi connectivity index (χ1v) is 6.15. The summed E-state index contributed by atoms with van der Waals surface area (Å²) in [6.07, 6.45) is 0. The highest BCUT2D eigenvalue weighted by atomic mass is 16.5. The summed E-state index contributed by atoms with van der Waals surface area (Å²) in [5.41, 5.74) is 1.74. The van der Waals surface area contributed by atoms with Gasteiger partial charge in [0.25, 0.3) is 0 Å². The molecule has 0 saturated carbocycles. The van der Waals surface area contributed by atoms with Gasteiger partial charge in [-0.1, -0.05) is 11.8 Å².